The van der Waals surface area contributed by atoms with E-state index in [1.54, 1.807) is 6.20 Å². The normalized spacial score (nSPS) is 11.7. The van der Waals surface area contributed by atoms with E-state index < -0.39 is 11.7 Å². The molecule has 0 aliphatic heterocycles. The zero-order valence-electron chi connectivity index (χ0n) is 12.6. The van der Waals surface area contributed by atoms with Gasteiger partial charge < -0.3 is 10.1 Å². The van der Waals surface area contributed by atoms with E-state index in [9.17, 15) is 4.79 Å². The highest BCUT2D eigenvalue weighted by atomic mass is 35.5. The van der Waals surface area contributed by atoms with Crippen LogP contribution in [0.25, 0.3) is 6.08 Å². The van der Waals surface area contributed by atoms with Crippen LogP contribution in [-0.2, 0) is 4.74 Å². The van der Waals surface area contributed by atoms with Gasteiger partial charge in [0.1, 0.15) is 10.8 Å². The molecule has 21 heavy (non-hydrogen) atoms. The van der Waals surface area contributed by atoms with E-state index >= 15 is 0 Å². The largest absolute Gasteiger partial charge is 0.444 e. The number of amides is 1. The van der Waals surface area contributed by atoms with Crippen molar-refractivity contribution < 1.29 is 9.53 Å². The Morgan fingerprint density at radius 1 is 1.52 bits per heavy atom. The second-order valence-corrected chi connectivity index (χ2v) is 6.35. The smallest absolute Gasteiger partial charge is 0.407 e. The van der Waals surface area contributed by atoms with Crippen molar-refractivity contribution in [2.75, 3.05) is 12.8 Å². The summed E-state index contributed by atoms with van der Waals surface area (Å²) in [4.78, 5) is 19.7. The second-order valence-electron chi connectivity index (χ2n) is 5.22. The molecule has 7 heteroatoms. The summed E-state index contributed by atoms with van der Waals surface area (Å²) >= 11 is 7.48. The van der Waals surface area contributed by atoms with Gasteiger partial charge in [0, 0.05) is 18.3 Å². The molecule has 0 atom stereocenters. The summed E-state index contributed by atoms with van der Waals surface area (Å²) in [6, 6.07) is 0. The van der Waals surface area contributed by atoms with Gasteiger partial charge in [-0.1, -0.05) is 35.5 Å². The molecule has 0 bridgehead atoms. The van der Waals surface area contributed by atoms with E-state index in [1.165, 1.54) is 11.8 Å². The summed E-state index contributed by atoms with van der Waals surface area (Å²) in [7, 11) is 0. The van der Waals surface area contributed by atoms with Crippen molar-refractivity contribution in [3.8, 4) is 0 Å². The number of carbonyl (C=O) groups excluding carboxylic acids is 1. The Labute approximate surface area is 134 Å². The quantitative estimate of drug-likeness (QED) is 0.385. The second kappa shape index (κ2) is 8.24. The molecule has 0 aliphatic carbocycles. The van der Waals surface area contributed by atoms with E-state index in [0.717, 1.165) is 5.56 Å². The third-order valence-electron chi connectivity index (χ3n) is 2.21. The fraction of sp³-hybridized carbons (Fsp3) is 0.500. The number of alkyl carbamates (subject to hydrolysis) is 1. The Balaban J connectivity index is 2.37. The molecule has 1 aromatic rings. The van der Waals surface area contributed by atoms with Crippen molar-refractivity contribution in [1.29, 1.82) is 0 Å². The highest BCUT2D eigenvalue weighted by molar-refractivity contribution is 7.98. The lowest BCUT2D eigenvalue weighted by Gasteiger charge is -2.19. The van der Waals surface area contributed by atoms with Gasteiger partial charge in [-0.3, -0.25) is 0 Å². The molecular weight excluding hydrogens is 310 g/mol. The first-order valence-electron chi connectivity index (χ1n) is 6.52. The molecule has 0 saturated heterocycles. The zero-order chi connectivity index (χ0) is 15.9. The topological polar surface area (TPSA) is 64.1 Å². The number of thioether (sulfide) groups is 1. The fourth-order valence-electron chi connectivity index (χ4n) is 1.35. The Morgan fingerprint density at radius 2 is 2.24 bits per heavy atom. The van der Waals surface area contributed by atoms with Crippen LogP contribution < -0.4 is 5.32 Å². The number of hydrogen-bond donors (Lipinski definition) is 1. The van der Waals surface area contributed by atoms with Crippen molar-refractivity contribution in [2.45, 2.75) is 37.9 Å². The standard InChI is InChI=1S/C14H20ClN3O2S/c1-14(2,3)20-13(19)16-8-6-5-7-10-9-17-12(21-4)18-11(10)15/h5,7,9H,6,8H2,1-4H3,(H,16,19). The van der Waals surface area contributed by atoms with Crippen LogP contribution in [0.5, 0.6) is 0 Å². The molecule has 1 amide bonds. The summed E-state index contributed by atoms with van der Waals surface area (Å²) in [5.41, 5.74) is 0.274. The zero-order valence-corrected chi connectivity index (χ0v) is 14.2. The van der Waals surface area contributed by atoms with E-state index in [4.69, 9.17) is 16.3 Å². The Bertz CT molecular complexity index is 515. The van der Waals surface area contributed by atoms with Crippen LogP contribution in [0.3, 0.4) is 0 Å². The molecule has 0 saturated carbocycles. The summed E-state index contributed by atoms with van der Waals surface area (Å²) in [5, 5.41) is 3.74. The highest BCUT2D eigenvalue weighted by Crippen LogP contribution is 2.17. The number of nitrogens with one attached hydrogen (secondary N) is 1. The summed E-state index contributed by atoms with van der Waals surface area (Å²) < 4.78 is 5.13. The fourth-order valence-corrected chi connectivity index (χ4v) is 1.93. The van der Waals surface area contributed by atoms with Crippen LogP contribution in [0.4, 0.5) is 4.79 Å². The lowest BCUT2D eigenvalue weighted by atomic mass is 10.2. The highest BCUT2D eigenvalue weighted by Gasteiger charge is 2.15. The molecular formula is C14H20ClN3O2S. The van der Waals surface area contributed by atoms with Crippen LogP contribution in [0.1, 0.15) is 32.8 Å². The maximum Gasteiger partial charge on any atom is 0.407 e. The van der Waals surface area contributed by atoms with Crippen molar-refractivity contribution in [3.63, 3.8) is 0 Å². The van der Waals surface area contributed by atoms with Crippen LogP contribution in [0, 0.1) is 0 Å². The maximum absolute atomic E-state index is 11.4. The molecule has 0 spiro atoms. The van der Waals surface area contributed by atoms with Gasteiger partial charge in [-0.25, -0.2) is 14.8 Å². The number of ether oxygens (including phenoxy) is 1. The SMILES string of the molecule is CSc1ncc(C=CCCNC(=O)OC(C)(C)C)c(Cl)n1. The van der Waals surface area contributed by atoms with Crippen molar-refractivity contribution in [2.24, 2.45) is 0 Å². The lowest BCUT2D eigenvalue weighted by molar-refractivity contribution is 0.0529. The molecule has 0 fully saturated rings. The molecule has 1 aromatic heterocycles. The van der Waals surface area contributed by atoms with Gasteiger partial charge in [0.2, 0.25) is 0 Å². The minimum atomic E-state index is -0.482. The summed E-state index contributed by atoms with van der Waals surface area (Å²) in [6.45, 7) is 5.97. The number of carbonyl (C=O) groups is 1. The monoisotopic (exact) mass is 329 g/mol. The molecule has 1 N–H and O–H groups in total. The average Bonchev–Trinajstić information content (AvgIpc) is 2.37. The first-order valence-corrected chi connectivity index (χ1v) is 8.12. The predicted octanol–water partition coefficient (Wildman–Crippen LogP) is 3.78. The van der Waals surface area contributed by atoms with Gasteiger partial charge in [0.25, 0.3) is 0 Å². The third kappa shape index (κ3) is 7.34. The first-order chi connectivity index (χ1) is 9.81. The number of rotatable bonds is 5. The van der Waals surface area contributed by atoms with Gasteiger partial charge in [0.05, 0.1) is 0 Å². The van der Waals surface area contributed by atoms with Crippen molar-refractivity contribution >= 4 is 35.5 Å². The molecule has 1 rings (SSSR count). The van der Waals surface area contributed by atoms with Gasteiger partial charge in [-0.05, 0) is 33.4 Å². The molecule has 116 valence electrons. The van der Waals surface area contributed by atoms with Gasteiger partial charge in [-0.2, -0.15) is 0 Å². The van der Waals surface area contributed by atoms with E-state index in [2.05, 4.69) is 15.3 Å². The molecule has 0 radical (unpaired) electrons. The van der Waals surface area contributed by atoms with Gasteiger partial charge in [0.15, 0.2) is 5.16 Å². The van der Waals surface area contributed by atoms with Crippen molar-refractivity contribution in [1.82, 2.24) is 15.3 Å². The summed E-state index contributed by atoms with van der Waals surface area (Å²) in [6.07, 6.45) is 7.56. The van der Waals surface area contributed by atoms with E-state index in [0.29, 0.717) is 23.3 Å². The molecule has 5 nitrogen and oxygen atoms in total. The van der Waals surface area contributed by atoms with Gasteiger partial charge >= 0.3 is 6.09 Å². The Kier molecular flexibility index (Phi) is 6.98. The minimum absolute atomic E-state index is 0.415. The van der Waals surface area contributed by atoms with Gasteiger partial charge in [-0.15, -0.1) is 0 Å². The molecule has 0 aromatic carbocycles. The maximum atomic E-state index is 11.4. The Morgan fingerprint density at radius 3 is 2.81 bits per heavy atom. The average molecular weight is 330 g/mol. The van der Waals surface area contributed by atoms with Crippen molar-refractivity contribution in [3.05, 3.63) is 23.0 Å². The molecule has 0 unspecified atom stereocenters. The number of aromatic nitrogens is 2. The summed E-state index contributed by atoms with van der Waals surface area (Å²) in [5.74, 6) is 0. The van der Waals surface area contributed by atoms with E-state index in [-0.39, 0.29) is 0 Å². The number of hydrogen-bond acceptors (Lipinski definition) is 5. The van der Waals surface area contributed by atoms with Crippen LogP contribution in [0.2, 0.25) is 5.15 Å². The number of halogens is 1. The predicted molar refractivity (Wildman–Crippen MR) is 86.7 cm³/mol. The van der Waals surface area contributed by atoms with E-state index in [1.807, 2.05) is 39.2 Å². The van der Waals surface area contributed by atoms with Crippen LogP contribution >= 0.6 is 23.4 Å². The molecule has 1 heterocycles. The van der Waals surface area contributed by atoms with Crippen LogP contribution in [-0.4, -0.2) is 34.5 Å². The van der Waals surface area contributed by atoms with Crippen LogP contribution in [0.15, 0.2) is 17.4 Å². The number of nitrogens with zero attached hydrogens (tertiary/aromatic N) is 2. The first kappa shape index (κ1) is 17.8. The molecule has 0 aliphatic rings. The lowest BCUT2D eigenvalue weighted by Crippen LogP contribution is -2.32. The Hall–Kier alpha value is -1.27. The minimum Gasteiger partial charge on any atom is -0.444 e. The third-order valence-corrected chi connectivity index (χ3v) is 3.07.